The Bertz CT molecular complexity index is 525. The van der Waals surface area contributed by atoms with Crippen LogP contribution >= 0.6 is 0 Å². The molecule has 0 saturated heterocycles. The van der Waals surface area contributed by atoms with Gasteiger partial charge < -0.3 is 4.90 Å². The van der Waals surface area contributed by atoms with Gasteiger partial charge in [0, 0.05) is 18.3 Å². The molecule has 3 heteroatoms. The van der Waals surface area contributed by atoms with Crippen molar-refractivity contribution in [1.82, 2.24) is 0 Å². The number of anilines is 2. The van der Waals surface area contributed by atoms with Gasteiger partial charge >= 0.3 is 0 Å². The molecule has 0 spiro atoms. The van der Waals surface area contributed by atoms with E-state index in [4.69, 9.17) is 0 Å². The van der Waals surface area contributed by atoms with Crippen LogP contribution in [0, 0.1) is 5.82 Å². The summed E-state index contributed by atoms with van der Waals surface area (Å²) in [5, 5.41) is 0. The molecule has 0 saturated carbocycles. The molecule has 2 aromatic rings. The molecular formula is C14H12FNO. The monoisotopic (exact) mass is 229 g/mol. The zero-order valence-corrected chi connectivity index (χ0v) is 9.43. The van der Waals surface area contributed by atoms with Crippen molar-refractivity contribution in [3.05, 3.63) is 59.9 Å². The minimum atomic E-state index is -0.405. The van der Waals surface area contributed by atoms with E-state index in [2.05, 4.69) is 0 Å². The van der Waals surface area contributed by atoms with Gasteiger partial charge in [-0.2, -0.15) is 0 Å². The molecule has 0 bridgehead atoms. The lowest BCUT2D eigenvalue weighted by atomic mass is 10.1. The van der Waals surface area contributed by atoms with Gasteiger partial charge in [-0.3, -0.25) is 4.79 Å². The molecule has 2 rings (SSSR count). The van der Waals surface area contributed by atoms with Crippen LogP contribution in [0.4, 0.5) is 15.8 Å². The molecule has 0 atom stereocenters. The molecule has 0 N–H and O–H groups in total. The molecular weight excluding hydrogens is 217 g/mol. The van der Waals surface area contributed by atoms with Crippen LogP contribution in [-0.4, -0.2) is 13.3 Å². The molecule has 0 heterocycles. The van der Waals surface area contributed by atoms with Gasteiger partial charge in [0.1, 0.15) is 5.82 Å². The van der Waals surface area contributed by atoms with Gasteiger partial charge in [0.2, 0.25) is 0 Å². The first-order valence-electron chi connectivity index (χ1n) is 5.26. The number of para-hydroxylation sites is 1. The first-order valence-corrected chi connectivity index (χ1v) is 5.26. The van der Waals surface area contributed by atoms with Crippen LogP contribution in [0.15, 0.2) is 48.5 Å². The molecule has 0 aliphatic rings. The Morgan fingerprint density at radius 2 is 1.82 bits per heavy atom. The third-order valence-corrected chi connectivity index (χ3v) is 2.62. The lowest BCUT2D eigenvalue weighted by molar-refractivity contribution is 0.112. The number of hydrogen-bond acceptors (Lipinski definition) is 2. The summed E-state index contributed by atoms with van der Waals surface area (Å²) in [5.74, 6) is -0.405. The van der Waals surface area contributed by atoms with E-state index in [1.165, 1.54) is 12.1 Å². The lowest BCUT2D eigenvalue weighted by Crippen LogP contribution is -2.11. The summed E-state index contributed by atoms with van der Waals surface area (Å²) in [6.07, 6.45) is 0.665. The second kappa shape index (κ2) is 4.78. The SMILES string of the molecule is CN(c1ccccc1)c1ccc(F)cc1C=O. The summed E-state index contributed by atoms with van der Waals surface area (Å²) in [6, 6.07) is 13.8. The van der Waals surface area contributed by atoms with Crippen molar-refractivity contribution in [1.29, 1.82) is 0 Å². The van der Waals surface area contributed by atoms with Crippen molar-refractivity contribution >= 4 is 17.7 Å². The van der Waals surface area contributed by atoms with Crippen molar-refractivity contribution in [3.63, 3.8) is 0 Å². The molecule has 0 aromatic heterocycles. The first kappa shape index (κ1) is 11.3. The zero-order chi connectivity index (χ0) is 12.3. The van der Waals surface area contributed by atoms with Crippen LogP contribution in [0.25, 0.3) is 0 Å². The molecule has 0 unspecified atom stereocenters. The third kappa shape index (κ3) is 2.33. The predicted molar refractivity (Wildman–Crippen MR) is 66.3 cm³/mol. The maximum atomic E-state index is 13.0. The highest BCUT2D eigenvalue weighted by atomic mass is 19.1. The van der Waals surface area contributed by atoms with Gasteiger partial charge in [-0.05, 0) is 30.3 Å². The number of rotatable bonds is 3. The first-order chi connectivity index (χ1) is 8.22. The van der Waals surface area contributed by atoms with Crippen molar-refractivity contribution < 1.29 is 9.18 Å². The summed E-state index contributed by atoms with van der Waals surface area (Å²) in [4.78, 5) is 12.8. The Morgan fingerprint density at radius 1 is 1.12 bits per heavy atom. The topological polar surface area (TPSA) is 20.3 Å². The number of nitrogens with zero attached hydrogens (tertiary/aromatic N) is 1. The summed E-state index contributed by atoms with van der Waals surface area (Å²) in [5.41, 5.74) is 1.98. The Balaban J connectivity index is 2.44. The number of benzene rings is 2. The zero-order valence-electron chi connectivity index (χ0n) is 9.43. The largest absolute Gasteiger partial charge is 0.344 e. The van der Waals surface area contributed by atoms with Gasteiger partial charge in [0.25, 0.3) is 0 Å². The normalized spacial score (nSPS) is 10.0. The van der Waals surface area contributed by atoms with Gasteiger partial charge in [-0.1, -0.05) is 18.2 Å². The average molecular weight is 229 g/mol. The number of halogens is 1. The van der Waals surface area contributed by atoms with Gasteiger partial charge in [-0.15, -0.1) is 0 Å². The van der Waals surface area contributed by atoms with E-state index >= 15 is 0 Å². The van der Waals surface area contributed by atoms with E-state index in [-0.39, 0.29) is 0 Å². The van der Waals surface area contributed by atoms with Crippen molar-refractivity contribution in [2.24, 2.45) is 0 Å². The maximum absolute atomic E-state index is 13.0. The highest BCUT2D eigenvalue weighted by Gasteiger charge is 2.09. The Labute approximate surface area is 99.3 Å². The van der Waals surface area contributed by atoms with Crippen LogP contribution in [0.2, 0.25) is 0 Å². The highest BCUT2D eigenvalue weighted by Crippen LogP contribution is 2.26. The van der Waals surface area contributed by atoms with Gasteiger partial charge in [-0.25, -0.2) is 4.39 Å². The molecule has 0 amide bonds. The molecule has 17 heavy (non-hydrogen) atoms. The van der Waals surface area contributed by atoms with E-state index in [0.717, 1.165) is 5.69 Å². The molecule has 0 radical (unpaired) electrons. The van der Waals surface area contributed by atoms with Gasteiger partial charge in [0.05, 0.1) is 5.69 Å². The molecule has 0 fully saturated rings. The van der Waals surface area contributed by atoms with E-state index in [1.807, 2.05) is 42.3 Å². The highest BCUT2D eigenvalue weighted by molar-refractivity contribution is 5.86. The van der Waals surface area contributed by atoms with Crippen molar-refractivity contribution in [2.45, 2.75) is 0 Å². The fourth-order valence-corrected chi connectivity index (χ4v) is 1.72. The van der Waals surface area contributed by atoms with E-state index in [9.17, 15) is 9.18 Å². The Kier molecular flexibility index (Phi) is 3.19. The number of carbonyl (C=O) groups excluding carboxylic acids is 1. The van der Waals surface area contributed by atoms with Crippen LogP contribution in [0.1, 0.15) is 10.4 Å². The van der Waals surface area contributed by atoms with Crippen LogP contribution in [-0.2, 0) is 0 Å². The molecule has 0 aliphatic heterocycles. The molecule has 2 nitrogen and oxygen atoms in total. The van der Waals surface area contributed by atoms with Crippen molar-refractivity contribution in [2.75, 3.05) is 11.9 Å². The summed E-state index contributed by atoms with van der Waals surface area (Å²) < 4.78 is 13.0. The number of aldehydes is 1. The fourth-order valence-electron chi connectivity index (χ4n) is 1.72. The van der Waals surface area contributed by atoms with Crippen LogP contribution < -0.4 is 4.90 Å². The number of hydrogen-bond donors (Lipinski definition) is 0. The second-order valence-electron chi connectivity index (χ2n) is 3.72. The van der Waals surface area contributed by atoms with Crippen molar-refractivity contribution in [3.8, 4) is 0 Å². The maximum Gasteiger partial charge on any atom is 0.152 e. The lowest BCUT2D eigenvalue weighted by Gasteiger charge is -2.20. The molecule has 2 aromatic carbocycles. The standard InChI is InChI=1S/C14H12FNO/c1-16(13-5-3-2-4-6-13)14-8-7-12(15)9-11(14)10-17/h2-10H,1H3. The summed E-state index contributed by atoms with van der Waals surface area (Å²) in [6.45, 7) is 0. The molecule has 86 valence electrons. The average Bonchev–Trinajstić information content (AvgIpc) is 2.39. The minimum absolute atomic E-state index is 0.344. The molecule has 0 aliphatic carbocycles. The van der Waals surface area contributed by atoms with Crippen LogP contribution in [0.3, 0.4) is 0 Å². The Hall–Kier alpha value is -2.16. The summed E-state index contributed by atoms with van der Waals surface area (Å²) >= 11 is 0. The van der Waals surface area contributed by atoms with E-state index < -0.39 is 5.82 Å². The Morgan fingerprint density at radius 3 is 2.47 bits per heavy atom. The third-order valence-electron chi connectivity index (χ3n) is 2.62. The number of carbonyl (C=O) groups is 1. The van der Waals surface area contributed by atoms with E-state index in [1.54, 1.807) is 6.07 Å². The minimum Gasteiger partial charge on any atom is -0.344 e. The predicted octanol–water partition coefficient (Wildman–Crippen LogP) is 3.41. The van der Waals surface area contributed by atoms with Gasteiger partial charge in [0.15, 0.2) is 6.29 Å². The quantitative estimate of drug-likeness (QED) is 0.752. The summed E-state index contributed by atoms with van der Waals surface area (Å²) in [7, 11) is 1.84. The smallest absolute Gasteiger partial charge is 0.152 e. The van der Waals surface area contributed by atoms with Crippen LogP contribution in [0.5, 0.6) is 0 Å². The fraction of sp³-hybridized carbons (Fsp3) is 0.0714. The second-order valence-corrected chi connectivity index (χ2v) is 3.72. The van der Waals surface area contributed by atoms with E-state index in [0.29, 0.717) is 17.5 Å².